The lowest BCUT2D eigenvalue weighted by Gasteiger charge is -2.19. The van der Waals surface area contributed by atoms with Crippen molar-refractivity contribution in [2.75, 3.05) is 0 Å². The molecule has 0 heterocycles. The lowest BCUT2D eigenvalue weighted by molar-refractivity contribution is 0.548. The summed E-state index contributed by atoms with van der Waals surface area (Å²) < 4.78 is 5.90. The van der Waals surface area contributed by atoms with Crippen LogP contribution >= 0.6 is 9.47 Å². The quantitative estimate of drug-likeness (QED) is 0.0544. The number of hydrogen-bond donors (Lipinski definition) is 0. The molecule has 0 aliphatic heterocycles. The van der Waals surface area contributed by atoms with Crippen LogP contribution in [0, 0.1) is 0 Å². The Kier molecular flexibility index (Phi) is 30.5. The molecule has 0 amide bonds. The van der Waals surface area contributed by atoms with Crippen molar-refractivity contribution in [3.05, 3.63) is 28.8 Å². The summed E-state index contributed by atoms with van der Waals surface area (Å²) >= 11 is 0. The van der Waals surface area contributed by atoms with Crippen LogP contribution in [0.3, 0.4) is 0 Å². The second kappa shape index (κ2) is 32.4. The molecule has 0 saturated carbocycles. The van der Waals surface area contributed by atoms with Crippen LogP contribution in [0.4, 0.5) is 0 Å². The zero-order valence-corrected chi connectivity index (χ0v) is 31.6. The predicted octanol–water partition coefficient (Wildman–Crippen LogP) is 15.2. The maximum Gasteiger partial charge on any atom is 0.125 e. The molecule has 1 unspecified atom stereocenters. The van der Waals surface area contributed by atoms with Gasteiger partial charge in [0.25, 0.3) is 0 Å². The fourth-order valence-electron chi connectivity index (χ4n) is 7.03. The lowest BCUT2D eigenvalue weighted by Crippen LogP contribution is -2.04. The Hall–Kier alpha value is -0.550. The van der Waals surface area contributed by atoms with E-state index in [0.717, 1.165) is 5.75 Å². The highest BCUT2D eigenvalue weighted by Gasteiger charge is 2.14. The smallest absolute Gasteiger partial charge is 0.125 e. The summed E-state index contributed by atoms with van der Waals surface area (Å²) in [5, 5.41) is 0. The minimum absolute atomic E-state index is 1.12. The fraction of sp³-hybridized carbons (Fsp3) is 0.857. The van der Waals surface area contributed by atoms with E-state index in [1.54, 1.807) is 16.7 Å². The molecule has 0 aliphatic carbocycles. The van der Waals surface area contributed by atoms with Gasteiger partial charge in [0.05, 0.1) is 9.47 Å². The van der Waals surface area contributed by atoms with Crippen molar-refractivity contribution < 1.29 is 4.52 Å². The monoisotopic (exact) mass is 631 g/mol. The Balaban J connectivity index is 2.57. The molecule has 0 aliphatic rings. The fourth-order valence-corrected chi connectivity index (χ4v) is 7.25. The number of hydrogen-bond acceptors (Lipinski definition) is 1. The van der Waals surface area contributed by atoms with Gasteiger partial charge in [-0.25, -0.2) is 0 Å². The van der Waals surface area contributed by atoms with Crippen LogP contribution in [0.15, 0.2) is 12.1 Å². The lowest BCUT2D eigenvalue weighted by atomic mass is 9.89. The molecule has 1 nitrogen and oxygen atoms in total. The van der Waals surface area contributed by atoms with E-state index >= 15 is 0 Å². The second-order valence-corrected chi connectivity index (χ2v) is 14.3. The first-order valence-electron chi connectivity index (χ1n) is 20.3. The molecule has 1 atom stereocenters. The summed E-state index contributed by atoms with van der Waals surface area (Å²) in [6, 6.07) is 4.70. The van der Waals surface area contributed by atoms with Gasteiger partial charge in [0.2, 0.25) is 0 Å². The molecule has 0 radical (unpaired) electrons. The Morgan fingerprint density at radius 1 is 0.364 bits per heavy atom. The maximum atomic E-state index is 5.90. The largest absolute Gasteiger partial charge is 0.480 e. The van der Waals surface area contributed by atoms with Gasteiger partial charge in [0.15, 0.2) is 0 Å². The van der Waals surface area contributed by atoms with Crippen molar-refractivity contribution in [3.8, 4) is 5.75 Å². The molecule has 1 aromatic rings. The summed E-state index contributed by atoms with van der Waals surface area (Å²) in [6.45, 7) is 6.93. The third-order valence-corrected chi connectivity index (χ3v) is 10.2. The van der Waals surface area contributed by atoms with Gasteiger partial charge in [-0.05, 0) is 61.3 Å². The van der Waals surface area contributed by atoms with Crippen LogP contribution in [0.25, 0.3) is 0 Å². The Morgan fingerprint density at radius 3 is 1.00 bits per heavy atom. The minimum Gasteiger partial charge on any atom is -0.480 e. The van der Waals surface area contributed by atoms with Gasteiger partial charge in [-0.3, -0.25) is 0 Å². The average Bonchev–Trinajstić information content (AvgIpc) is 3.04. The standard InChI is InChI=1S/C42H79OP/c1-4-7-10-13-16-19-22-25-28-31-34-39-37-38-42(43-44)41(36-33-30-27-24-21-18-15-12-9-6-3)40(39)35-32-29-26-23-20-17-14-11-8-5-2/h37-38H,4-36,44H2,1-3H3. The number of rotatable bonds is 34. The Labute approximate surface area is 280 Å². The average molecular weight is 631 g/mol. The Morgan fingerprint density at radius 2 is 0.659 bits per heavy atom. The third kappa shape index (κ3) is 22.9. The van der Waals surface area contributed by atoms with Gasteiger partial charge >= 0.3 is 0 Å². The molecule has 1 aromatic carbocycles. The molecular weight excluding hydrogens is 551 g/mol. The summed E-state index contributed by atoms with van der Waals surface area (Å²) in [6.07, 6.45) is 45.9. The Bertz CT molecular complexity index is 729. The first-order chi connectivity index (χ1) is 21.8. The van der Waals surface area contributed by atoms with Crippen LogP contribution in [-0.4, -0.2) is 0 Å². The van der Waals surface area contributed by atoms with Crippen molar-refractivity contribution >= 4 is 9.47 Å². The highest BCUT2D eigenvalue weighted by atomic mass is 31.0. The molecule has 44 heavy (non-hydrogen) atoms. The van der Waals surface area contributed by atoms with Crippen molar-refractivity contribution in [1.82, 2.24) is 0 Å². The summed E-state index contributed by atoms with van der Waals surface area (Å²) in [4.78, 5) is 0. The molecule has 258 valence electrons. The van der Waals surface area contributed by atoms with Crippen LogP contribution in [0.2, 0.25) is 0 Å². The van der Waals surface area contributed by atoms with Crippen molar-refractivity contribution in [2.24, 2.45) is 0 Å². The normalized spacial score (nSPS) is 11.5. The summed E-state index contributed by atoms with van der Waals surface area (Å²) in [5.74, 6) is 1.12. The highest BCUT2D eigenvalue weighted by molar-refractivity contribution is 7.10. The van der Waals surface area contributed by atoms with E-state index in [0.29, 0.717) is 0 Å². The highest BCUT2D eigenvalue weighted by Crippen LogP contribution is 2.32. The molecule has 0 N–H and O–H groups in total. The second-order valence-electron chi connectivity index (χ2n) is 14.1. The van der Waals surface area contributed by atoms with Gasteiger partial charge in [0, 0.05) is 0 Å². The molecule has 0 bridgehead atoms. The zero-order valence-electron chi connectivity index (χ0n) is 30.5. The van der Waals surface area contributed by atoms with E-state index in [2.05, 4.69) is 42.4 Å². The topological polar surface area (TPSA) is 9.23 Å². The van der Waals surface area contributed by atoms with Gasteiger partial charge in [-0.15, -0.1) is 0 Å². The SMILES string of the molecule is CCCCCCCCCCCCc1ccc(OP)c(CCCCCCCCCCCC)c1CCCCCCCCCCCC. The molecule has 2 heteroatoms. The van der Waals surface area contributed by atoms with Gasteiger partial charge in [0.1, 0.15) is 5.75 Å². The molecule has 0 spiro atoms. The van der Waals surface area contributed by atoms with Crippen LogP contribution in [-0.2, 0) is 19.3 Å². The van der Waals surface area contributed by atoms with E-state index < -0.39 is 0 Å². The minimum atomic E-state index is 1.12. The first-order valence-corrected chi connectivity index (χ1v) is 20.8. The van der Waals surface area contributed by atoms with Gasteiger partial charge in [-0.2, -0.15) is 0 Å². The van der Waals surface area contributed by atoms with Gasteiger partial charge < -0.3 is 4.52 Å². The van der Waals surface area contributed by atoms with E-state index in [1.165, 1.54) is 212 Å². The van der Waals surface area contributed by atoms with E-state index in [4.69, 9.17) is 4.52 Å². The van der Waals surface area contributed by atoms with Crippen LogP contribution in [0.5, 0.6) is 5.75 Å². The summed E-state index contributed by atoms with van der Waals surface area (Å²) in [7, 11) is 2.55. The van der Waals surface area contributed by atoms with E-state index in [9.17, 15) is 0 Å². The van der Waals surface area contributed by atoms with Gasteiger partial charge in [-0.1, -0.05) is 200 Å². The van der Waals surface area contributed by atoms with E-state index in [-0.39, 0.29) is 0 Å². The molecular formula is C42H79OP. The first kappa shape index (κ1) is 41.5. The molecule has 0 saturated heterocycles. The predicted molar refractivity (Wildman–Crippen MR) is 203 cm³/mol. The number of aryl methyl sites for hydroxylation is 1. The maximum absolute atomic E-state index is 5.90. The molecule has 0 aromatic heterocycles. The van der Waals surface area contributed by atoms with Crippen molar-refractivity contribution in [3.63, 3.8) is 0 Å². The number of benzene rings is 1. The van der Waals surface area contributed by atoms with Crippen molar-refractivity contribution in [1.29, 1.82) is 0 Å². The number of unbranched alkanes of at least 4 members (excludes halogenated alkanes) is 27. The van der Waals surface area contributed by atoms with Crippen LogP contribution < -0.4 is 4.52 Å². The van der Waals surface area contributed by atoms with Crippen LogP contribution in [0.1, 0.15) is 230 Å². The third-order valence-electron chi connectivity index (χ3n) is 9.97. The molecule has 1 rings (SSSR count). The zero-order chi connectivity index (χ0) is 31.8. The summed E-state index contributed by atoms with van der Waals surface area (Å²) in [5.41, 5.74) is 4.84. The van der Waals surface area contributed by atoms with E-state index in [1.807, 2.05) is 0 Å². The van der Waals surface area contributed by atoms with Crippen molar-refractivity contribution in [2.45, 2.75) is 233 Å². The molecule has 0 fully saturated rings.